The van der Waals surface area contributed by atoms with Crippen molar-refractivity contribution >= 4 is 0 Å². The summed E-state index contributed by atoms with van der Waals surface area (Å²) in [6.07, 6.45) is -1.34. The summed E-state index contributed by atoms with van der Waals surface area (Å²) in [6, 6.07) is 10.2. The van der Waals surface area contributed by atoms with Gasteiger partial charge in [0.25, 0.3) is 0 Å². The predicted octanol–water partition coefficient (Wildman–Crippen LogP) is 4.68. The van der Waals surface area contributed by atoms with Gasteiger partial charge in [0.2, 0.25) is 0 Å². The number of alkyl halides is 3. The zero-order valence-electron chi connectivity index (χ0n) is 11.3. The summed E-state index contributed by atoms with van der Waals surface area (Å²) in [5.41, 5.74) is 0.552. The molecule has 2 N–H and O–H groups in total. The zero-order chi connectivity index (χ0) is 15.7. The minimum Gasteiger partial charge on any atom is -0.364 e. The van der Waals surface area contributed by atoms with E-state index in [0.717, 1.165) is 23.5 Å². The Morgan fingerprint density at radius 3 is 1.91 bits per heavy atom. The zero-order valence-corrected chi connectivity index (χ0v) is 11.3. The number of rotatable bonds is 3. The molecule has 114 valence electrons. The number of benzene rings is 1. The normalized spacial score (nSPS) is 12.0. The maximum atomic E-state index is 13.5. The second kappa shape index (κ2) is 5.36. The van der Waals surface area contributed by atoms with E-state index < -0.39 is 23.5 Å². The molecule has 0 atom stereocenters. The van der Waals surface area contributed by atoms with Gasteiger partial charge >= 0.3 is 6.18 Å². The molecule has 1 aromatic carbocycles. The molecule has 0 bridgehead atoms. The van der Waals surface area contributed by atoms with E-state index in [9.17, 15) is 17.6 Å². The van der Waals surface area contributed by atoms with Crippen molar-refractivity contribution in [3.63, 3.8) is 0 Å². The average molecular weight is 308 g/mol. The fourth-order valence-electron chi connectivity index (χ4n) is 2.51. The van der Waals surface area contributed by atoms with Crippen LogP contribution in [0.4, 0.5) is 17.6 Å². The molecule has 0 aliphatic rings. The highest BCUT2D eigenvalue weighted by molar-refractivity contribution is 5.40. The molecule has 3 aromatic rings. The van der Waals surface area contributed by atoms with Gasteiger partial charge in [0.15, 0.2) is 0 Å². The fourth-order valence-corrected chi connectivity index (χ4v) is 2.51. The van der Waals surface area contributed by atoms with Gasteiger partial charge in [-0.05, 0) is 42.0 Å². The Balaban J connectivity index is 2.14. The van der Waals surface area contributed by atoms with Crippen LogP contribution in [0.25, 0.3) is 0 Å². The first-order valence-corrected chi connectivity index (χ1v) is 6.60. The summed E-state index contributed by atoms with van der Waals surface area (Å²) in [5.74, 6) is -1.72. The van der Waals surface area contributed by atoms with E-state index in [1.807, 2.05) is 0 Å². The molecule has 0 fully saturated rings. The third-order valence-electron chi connectivity index (χ3n) is 3.50. The van der Waals surface area contributed by atoms with E-state index in [1.54, 1.807) is 36.7 Å². The summed E-state index contributed by atoms with van der Waals surface area (Å²) >= 11 is 0. The minimum absolute atomic E-state index is 0.360. The monoisotopic (exact) mass is 308 g/mol. The van der Waals surface area contributed by atoms with Crippen molar-refractivity contribution in [1.82, 2.24) is 9.97 Å². The first-order chi connectivity index (χ1) is 10.5. The molecule has 0 radical (unpaired) electrons. The Morgan fingerprint density at radius 1 is 0.864 bits per heavy atom. The van der Waals surface area contributed by atoms with Crippen molar-refractivity contribution < 1.29 is 17.6 Å². The van der Waals surface area contributed by atoms with Gasteiger partial charge in [0.1, 0.15) is 5.82 Å². The molecule has 0 saturated carbocycles. The predicted molar refractivity (Wildman–Crippen MR) is 73.9 cm³/mol. The second-order valence-corrected chi connectivity index (χ2v) is 4.92. The van der Waals surface area contributed by atoms with Crippen molar-refractivity contribution in [3.05, 3.63) is 83.2 Å². The van der Waals surface area contributed by atoms with Gasteiger partial charge in [-0.15, -0.1) is 0 Å². The van der Waals surface area contributed by atoms with Gasteiger partial charge < -0.3 is 9.97 Å². The van der Waals surface area contributed by atoms with Crippen LogP contribution in [0, 0.1) is 5.82 Å². The molecule has 2 heterocycles. The molecule has 0 amide bonds. The van der Waals surface area contributed by atoms with Crippen LogP contribution in [-0.2, 0) is 6.18 Å². The number of aromatic nitrogens is 2. The third kappa shape index (κ3) is 2.64. The first-order valence-electron chi connectivity index (χ1n) is 6.60. The van der Waals surface area contributed by atoms with E-state index in [2.05, 4.69) is 9.97 Å². The van der Waals surface area contributed by atoms with Gasteiger partial charge in [-0.3, -0.25) is 0 Å². The van der Waals surface area contributed by atoms with Crippen molar-refractivity contribution in [1.29, 1.82) is 0 Å². The van der Waals surface area contributed by atoms with Crippen molar-refractivity contribution in [3.8, 4) is 0 Å². The molecule has 0 aliphatic carbocycles. The molecule has 0 aliphatic heterocycles. The lowest BCUT2D eigenvalue weighted by Crippen LogP contribution is -2.11. The number of nitrogens with one attached hydrogen (secondary N) is 2. The third-order valence-corrected chi connectivity index (χ3v) is 3.50. The quantitative estimate of drug-likeness (QED) is 0.658. The van der Waals surface area contributed by atoms with Gasteiger partial charge in [0, 0.05) is 23.8 Å². The van der Waals surface area contributed by atoms with Crippen LogP contribution < -0.4 is 0 Å². The summed E-state index contributed by atoms with van der Waals surface area (Å²) in [6.45, 7) is 0. The lowest BCUT2D eigenvalue weighted by molar-refractivity contribution is -0.140. The minimum atomic E-state index is -4.73. The lowest BCUT2D eigenvalue weighted by Gasteiger charge is -2.17. The molecule has 2 aromatic heterocycles. The van der Waals surface area contributed by atoms with Crippen LogP contribution in [0.2, 0.25) is 0 Å². The Morgan fingerprint density at radius 2 is 1.45 bits per heavy atom. The number of H-pyrrole nitrogens is 2. The average Bonchev–Trinajstić information content (AvgIpc) is 3.13. The number of halogens is 4. The van der Waals surface area contributed by atoms with E-state index in [4.69, 9.17) is 0 Å². The largest absolute Gasteiger partial charge is 0.419 e. The lowest BCUT2D eigenvalue weighted by atomic mass is 9.91. The molecule has 0 saturated heterocycles. The molecule has 0 spiro atoms. The van der Waals surface area contributed by atoms with Crippen molar-refractivity contribution in [2.45, 2.75) is 12.1 Å². The molecular weight excluding hydrogens is 296 g/mol. The highest BCUT2D eigenvalue weighted by atomic mass is 19.4. The van der Waals surface area contributed by atoms with Gasteiger partial charge in [-0.25, -0.2) is 4.39 Å². The highest BCUT2D eigenvalue weighted by Gasteiger charge is 2.35. The smallest absolute Gasteiger partial charge is 0.364 e. The summed E-state index contributed by atoms with van der Waals surface area (Å²) in [4.78, 5) is 6.00. The van der Waals surface area contributed by atoms with Crippen LogP contribution in [0.15, 0.2) is 54.9 Å². The summed E-state index contributed by atoms with van der Waals surface area (Å²) < 4.78 is 52.2. The molecule has 0 unspecified atom stereocenters. The van der Waals surface area contributed by atoms with Gasteiger partial charge in [-0.1, -0.05) is 6.07 Å². The first kappa shape index (κ1) is 14.4. The van der Waals surface area contributed by atoms with Gasteiger partial charge in [0.05, 0.1) is 11.5 Å². The molecule has 6 heteroatoms. The number of hydrogen-bond acceptors (Lipinski definition) is 0. The highest BCUT2D eigenvalue weighted by Crippen LogP contribution is 2.36. The standard InChI is InChI=1S/C16H12F4N2/c17-12-6-5-10(9-11(12)16(18,19)20)15(13-3-1-7-21-13)14-4-2-8-22-14/h1-9,15,21-22H. The number of hydrogen-bond donors (Lipinski definition) is 2. The van der Waals surface area contributed by atoms with E-state index in [1.165, 1.54) is 6.07 Å². The van der Waals surface area contributed by atoms with Gasteiger partial charge in [-0.2, -0.15) is 13.2 Å². The molecule has 22 heavy (non-hydrogen) atoms. The van der Waals surface area contributed by atoms with Crippen LogP contribution in [0.3, 0.4) is 0 Å². The van der Waals surface area contributed by atoms with Crippen LogP contribution in [-0.4, -0.2) is 9.97 Å². The SMILES string of the molecule is Fc1ccc(C(c2ccc[nH]2)c2ccc[nH]2)cc1C(F)(F)F. The Hall–Kier alpha value is -2.50. The Kier molecular flexibility index (Phi) is 3.52. The Labute approximate surface area is 123 Å². The topological polar surface area (TPSA) is 31.6 Å². The maximum Gasteiger partial charge on any atom is 0.419 e. The van der Waals surface area contributed by atoms with Crippen LogP contribution >= 0.6 is 0 Å². The maximum absolute atomic E-state index is 13.5. The van der Waals surface area contributed by atoms with E-state index >= 15 is 0 Å². The Bertz CT molecular complexity index is 709. The summed E-state index contributed by atoms with van der Waals surface area (Å²) in [5, 5.41) is 0. The van der Waals surface area contributed by atoms with Crippen molar-refractivity contribution in [2.75, 3.05) is 0 Å². The number of aromatic amines is 2. The van der Waals surface area contributed by atoms with Crippen LogP contribution in [0.1, 0.15) is 28.4 Å². The van der Waals surface area contributed by atoms with Crippen molar-refractivity contribution in [2.24, 2.45) is 0 Å². The van der Waals surface area contributed by atoms with Crippen LogP contribution in [0.5, 0.6) is 0 Å². The molecule has 2 nitrogen and oxygen atoms in total. The van der Waals surface area contributed by atoms with E-state index in [0.29, 0.717) is 5.56 Å². The van der Waals surface area contributed by atoms with E-state index in [-0.39, 0.29) is 0 Å². The molecule has 3 rings (SSSR count). The second-order valence-electron chi connectivity index (χ2n) is 4.92. The fraction of sp³-hybridized carbons (Fsp3) is 0.125. The molecular formula is C16H12F4N2. The summed E-state index contributed by atoms with van der Waals surface area (Å²) in [7, 11) is 0.